The second-order valence-corrected chi connectivity index (χ2v) is 2.54. The maximum atomic E-state index is 9.90. The van der Waals surface area contributed by atoms with Gasteiger partial charge in [0.1, 0.15) is 0 Å². The van der Waals surface area contributed by atoms with Gasteiger partial charge in [0.15, 0.2) is 0 Å². The van der Waals surface area contributed by atoms with Gasteiger partial charge in [0.2, 0.25) is 0 Å². The number of rotatable bonds is 0. The molecule has 0 aliphatic rings. The first-order valence-corrected chi connectivity index (χ1v) is 4.47. The molecule has 0 saturated heterocycles. The molecule has 0 aromatic carbocycles. The van der Waals surface area contributed by atoms with E-state index in [2.05, 4.69) is 0 Å². The molecule has 0 N–H and O–H groups in total. The summed E-state index contributed by atoms with van der Waals surface area (Å²) in [6, 6.07) is 0. The van der Waals surface area contributed by atoms with Gasteiger partial charge in [-0.15, -0.1) is 0 Å². The average Bonchev–Trinajstić information content (AvgIpc) is 0.722. The van der Waals surface area contributed by atoms with Crippen LogP contribution in [0.2, 0.25) is 0 Å². The normalized spacial score (nSPS) is 10.0. The van der Waals surface area contributed by atoms with Gasteiger partial charge in [-0.1, -0.05) is 0 Å². The molecule has 0 fully saturated rings. The van der Waals surface area contributed by atoms with Gasteiger partial charge >= 0.3 is 33.2 Å². The van der Waals surface area contributed by atoms with Crippen LogP contribution >= 0.6 is 0 Å². The first-order chi connectivity index (χ1) is 2.00. The van der Waals surface area contributed by atoms with Crippen LogP contribution in [0.5, 0.6) is 0 Å². The summed E-state index contributed by atoms with van der Waals surface area (Å²) >= 11 is -7.18. The first kappa shape index (κ1) is 10.9. The SMILES string of the molecule is [Ce].[F][Zr]([F])([F])[F]. The van der Waals surface area contributed by atoms with Crippen LogP contribution in [0, 0.1) is 41.7 Å². The summed E-state index contributed by atoms with van der Waals surface area (Å²) in [6.07, 6.45) is 0. The summed E-state index contributed by atoms with van der Waals surface area (Å²) in [5, 5.41) is 0. The Morgan fingerprint density at radius 1 is 0.833 bits per heavy atom. The molecule has 0 bridgehead atoms. The van der Waals surface area contributed by atoms with Crippen molar-refractivity contribution in [2.75, 3.05) is 0 Å². The van der Waals surface area contributed by atoms with Crippen molar-refractivity contribution in [1.82, 2.24) is 0 Å². The molecule has 0 aliphatic carbocycles. The molecule has 6 heavy (non-hydrogen) atoms. The molecule has 0 aromatic heterocycles. The summed E-state index contributed by atoms with van der Waals surface area (Å²) in [6.45, 7) is 0. The van der Waals surface area contributed by atoms with Crippen molar-refractivity contribution in [2.24, 2.45) is 0 Å². The van der Waals surface area contributed by atoms with E-state index in [-0.39, 0.29) is 41.7 Å². The molecule has 0 rings (SSSR count). The number of halogens is 4. The number of hydrogen-bond acceptors (Lipinski definition) is 0. The molecule has 6 heteroatoms. The molecule has 0 spiro atoms. The van der Waals surface area contributed by atoms with Crippen LogP contribution in [0.1, 0.15) is 0 Å². The molecule has 0 nitrogen and oxygen atoms in total. The zero-order chi connectivity index (χ0) is 4.50. The maximum absolute atomic E-state index is 9.90. The Morgan fingerprint density at radius 3 is 0.833 bits per heavy atom. The van der Waals surface area contributed by atoms with Crippen molar-refractivity contribution >= 4 is 0 Å². The quantitative estimate of drug-likeness (QED) is 0.597. The second kappa shape index (κ2) is 3.92. The van der Waals surface area contributed by atoms with Crippen LogP contribution in [0.4, 0.5) is 10.5 Å². The molecule has 0 aromatic rings. The zero-order valence-electron chi connectivity index (χ0n) is 2.51. The summed E-state index contributed by atoms with van der Waals surface area (Å²) in [4.78, 5) is 0. The predicted octanol–water partition coefficient (Wildman–Crippen LogP) is 1.68. The molecule has 0 aliphatic heterocycles. The van der Waals surface area contributed by atoms with E-state index in [1.54, 1.807) is 0 Å². The molecular weight excluding hydrogens is 307 g/mol. The second-order valence-electron chi connectivity index (χ2n) is 0.429. The third kappa shape index (κ3) is 37.8. The topological polar surface area (TPSA) is 0 Å². The summed E-state index contributed by atoms with van der Waals surface area (Å²) in [5.74, 6) is 0. The van der Waals surface area contributed by atoms with Crippen molar-refractivity contribution in [3.63, 3.8) is 0 Å². The van der Waals surface area contributed by atoms with E-state index in [1.807, 2.05) is 0 Å². The van der Waals surface area contributed by atoms with Gasteiger partial charge in [-0.2, -0.15) is 0 Å². The molecular formula is CeF4Zr. The van der Waals surface area contributed by atoms with Crippen LogP contribution in [0.15, 0.2) is 0 Å². The molecule has 0 saturated carbocycles. The fourth-order valence-electron chi connectivity index (χ4n) is 0. The minimum atomic E-state index is -7.18. The molecule has 0 atom stereocenters. The third-order valence-corrected chi connectivity index (χ3v) is 0. The van der Waals surface area contributed by atoms with E-state index in [0.29, 0.717) is 0 Å². The Bertz CT molecular complexity index is 23.0. The van der Waals surface area contributed by atoms with Gasteiger partial charge in [0.05, 0.1) is 0 Å². The van der Waals surface area contributed by atoms with Crippen molar-refractivity contribution in [3.05, 3.63) is 0 Å². The predicted molar refractivity (Wildman–Crippen MR) is 4.43 cm³/mol. The third-order valence-electron chi connectivity index (χ3n) is 0. The Balaban J connectivity index is 0. The number of hydrogen-bond donors (Lipinski definition) is 0. The van der Waals surface area contributed by atoms with Crippen molar-refractivity contribution in [1.29, 1.82) is 0 Å². The fraction of sp³-hybridized carbons (Fsp3) is 0. The molecule has 0 unspecified atom stereocenters. The summed E-state index contributed by atoms with van der Waals surface area (Å²) < 4.78 is 39.6. The van der Waals surface area contributed by atoms with Gasteiger partial charge in [-0.3, -0.25) is 0 Å². The molecule has 0 heterocycles. The Morgan fingerprint density at radius 2 is 0.833 bits per heavy atom. The van der Waals surface area contributed by atoms with Crippen LogP contribution in [-0.2, 0) is 22.7 Å². The Kier molecular flexibility index (Phi) is 7.10. The standard InChI is InChI=1S/Ce.4FH.Zr/h;4*1H;/q;;;;;+4/p-4. The van der Waals surface area contributed by atoms with Crippen LogP contribution < -0.4 is 0 Å². The molecule has 36 valence electrons. The van der Waals surface area contributed by atoms with E-state index in [4.69, 9.17) is 0 Å². The fourth-order valence-corrected chi connectivity index (χ4v) is 0. The van der Waals surface area contributed by atoms with Gasteiger partial charge in [0.25, 0.3) is 0 Å². The Labute approximate surface area is 73.6 Å². The van der Waals surface area contributed by atoms with Gasteiger partial charge in [0, 0.05) is 41.7 Å². The molecule has 0 radical (unpaired) electrons. The van der Waals surface area contributed by atoms with E-state index in [0.717, 1.165) is 0 Å². The summed E-state index contributed by atoms with van der Waals surface area (Å²) in [5.41, 5.74) is 0. The van der Waals surface area contributed by atoms with Crippen molar-refractivity contribution < 1.29 is 75.0 Å². The Hall–Kier alpha value is 1.98. The van der Waals surface area contributed by atoms with E-state index in [1.165, 1.54) is 0 Å². The first-order valence-electron chi connectivity index (χ1n) is 0.756. The monoisotopic (exact) mass is 306 g/mol. The van der Waals surface area contributed by atoms with Crippen LogP contribution in [0.3, 0.4) is 0 Å². The minimum absolute atomic E-state index is 0. The van der Waals surface area contributed by atoms with Gasteiger partial charge in [-0.25, -0.2) is 0 Å². The van der Waals surface area contributed by atoms with E-state index >= 15 is 0 Å². The molecule has 0 amide bonds. The van der Waals surface area contributed by atoms with Crippen LogP contribution in [-0.4, -0.2) is 0 Å². The zero-order valence-corrected chi connectivity index (χ0v) is 8.11. The van der Waals surface area contributed by atoms with Crippen molar-refractivity contribution in [2.45, 2.75) is 0 Å². The van der Waals surface area contributed by atoms with Crippen LogP contribution in [0.25, 0.3) is 0 Å². The van der Waals surface area contributed by atoms with Gasteiger partial charge < -0.3 is 0 Å². The van der Waals surface area contributed by atoms with E-state index < -0.39 is 22.7 Å². The average molecular weight is 307 g/mol. The van der Waals surface area contributed by atoms with E-state index in [9.17, 15) is 10.5 Å². The van der Waals surface area contributed by atoms with Crippen molar-refractivity contribution in [3.8, 4) is 0 Å². The van der Waals surface area contributed by atoms with Gasteiger partial charge in [-0.05, 0) is 0 Å². The summed E-state index contributed by atoms with van der Waals surface area (Å²) in [7, 11) is 0.